The van der Waals surface area contributed by atoms with E-state index in [9.17, 15) is 9.90 Å². The monoisotopic (exact) mass is 427 g/mol. The van der Waals surface area contributed by atoms with Crippen LogP contribution >= 0.6 is 0 Å². The number of hydrogen-bond acceptors (Lipinski definition) is 4. The lowest BCUT2D eigenvalue weighted by Gasteiger charge is -2.24. The molecule has 1 fully saturated rings. The van der Waals surface area contributed by atoms with Gasteiger partial charge in [-0.15, -0.1) is 0 Å². The summed E-state index contributed by atoms with van der Waals surface area (Å²) in [7, 11) is 0. The van der Waals surface area contributed by atoms with Gasteiger partial charge in [0.1, 0.15) is 23.2 Å². The Morgan fingerprint density at radius 3 is 2.50 bits per heavy atom. The second-order valence-electron chi connectivity index (χ2n) is 8.27. The second kappa shape index (κ2) is 8.48. The van der Waals surface area contributed by atoms with E-state index < -0.39 is 5.97 Å². The maximum absolute atomic E-state index is 11.6. The maximum Gasteiger partial charge on any atom is 0.337 e. The lowest BCUT2D eigenvalue weighted by atomic mass is 10.0. The lowest BCUT2D eigenvalue weighted by molar-refractivity contribution is 0.0698. The highest BCUT2D eigenvalue weighted by Crippen LogP contribution is 2.29. The molecule has 0 unspecified atom stereocenters. The van der Waals surface area contributed by atoms with Gasteiger partial charge in [-0.1, -0.05) is 36.4 Å². The Hall–Kier alpha value is -3.64. The van der Waals surface area contributed by atoms with E-state index in [1.807, 2.05) is 37.3 Å². The fourth-order valence-corrected chi connectivity index (χ4v) is 4.24. The number of carboxylic acids is 1. The molecule has 1 aliphatic heterocycles. The highest BCUT2D eigenvalue weighted by Gasteiger charge is 2.16. The van der Waals surface area contributed by atoms with Crippen molar-refractivity contribution in [2.24, 2.45) is 0 Å². The molecule has 1 aliphatic rings. The SMILES string of the molecule is Cc1cc(C(=O)O)c2nc(-c3ccc(-c4cccc(OC5CCNCC5)c4)cc3)[nH]c2c1. The van der Waals surface area contributed by atoms with Gasteiger partial charge >= 0.3 is 5.97 Å². The predicted molar refractivity (Wildman–Crippen MR) is 125 cm³/mol. The summed E-state index contributed by atoms with van der Waals surface area (Å²) in [6.45, 7) is 3.88. The lowest BCUT2D eigenvalue weighted by Crippen LogP contribution is -2.34. The number of nitrogens with zero attached hydrogens (tertiary/aromatic N) is 1. The molecule has 0 saturated carbocycles. The minimum absolute atomic E-state index is 0.213. The largest absolute Gasteiger partial charge is 0.490 e. The zero-order valence-electron chi connectivity index (χ0n) is 17.9. The number of H-pyrrole nitrogens is 1. The molecule has 4 aromatic rings. The van der Waals surface area contributed by atoms with Gasteiger partial charge in [0.25, 0.3) is 0 Å². The molecule has 0 atom stereocenters. The summed E-state index contributed by atoms with van der Waals surface area (Å²) in [5.74, 6) is 0.577. The van der Waals surface area contributed by atoms with Crippen LogP contribution in [0.4, 0.5) is 0 Å². The number of hydrogen-bond donors (Lipinski definition) is 3. The molecular formula is C26H25N3O3. The molecule has 0 spiro atoms. The summed E-state index contributed by atoms with van der Waals surface area (Å²) in [5.41, 5.74) is 5.38. The summed E-state index contributed by atoms with van der Waals surface area (Å²) < 4.78 is 6.18. The van der Waals surface area contributed by atoms with Crippen molar-refractivity contribution in [2.45, 2.75) is 25.9 Å². The molecule has 1 saturated heterocycles. The number of aryl methyl sites for hydroxylation is 1. The molecule has 5 rings (SSSR count). The van der Waals surface area contributed by atoms with Crippen molar-refractivity contribution in [3.8, 4) is 28.3 Å². The van der Waals surface area contributed by atoms with Crippen LogP contribution < -0.4 is 10.1 Å². The van der Waals surface area contributed by atoms with Gasteiger partial charge in [-0.2, -0.15) is 0 Å². The van der Waals surface area contributed by atoms with Crippen LogP contribution in [0.25, 0.3) is 33.5 Å². The number of aromatic carboxylic acids is 1. The quantitative estimate of drug-likeness (QED) is 0.416. The summed E-state index contributed by atoms with van der Waals surface area (Å²) in [4.78, 5) is 19.4. The highest BCUT2D eigenvalue weighted by molar-refractivity contribution is 6.02. The molecule has 6 heteroatoms. The summed E-state index contributed by atoms with van der Waals surface area (Å²) in [5, 5.41) is 12.9. The normalized spacial score (nSPS) is 14.5. The van der Waals surface area contributed by atoms with Crippen LogP contribution in [0.2, 0.25) is 0 Å². The van der Waals surface area contributed by atoms with E-state index in [0.29, 0.717) is 11.3 Å². The van der Waals surface area contributed by atoms with Crippen LogP contribution in [0.3, 0.4) is 0 Å². The van der Waals surface area contributed by atoms with Crippen LogP contribution in [0, 0.1) is 6.92 Å². The third kappa shape index (κ3) is 4.09. The fraction of sp³-hybridized carbons (Fsp3) is 0.231. The first kappa shape index (κ1) is 20.3. The summed E-state index contributed by atoms with van der Waals surface area (Å²) in [6, 6.07) is 19.9. The number of fused-ring (bicyclic) bond motifs is 1. The van der Waals surface area contributed by atoms with Crippen molar-refractivity contribution in [1.29, 1.82) is 0 Å². The number of imidazole rings is 1. The van der Waals surface area contributed by atoms with Crippen molar-refractivity contribution in [3.63, 3.8) is 0 Å². The van der Waals surface area contributed by atoms with E-state index in [-0.39, 0.29) is 11.7 Å². The van der Waals surface area contributed by atoms with Crippen LogP contribution in [0.5, 0.6) is 5.75 Å². The molecule has 0 aliphatic carbocycles. The number of ether oxygens (including phenoxy) is 1. The molecule has 3 aromatic carbocycles. The Labute approximate surface area is 186 Å². The first-order valence-corrected chi connectivity index (χ1v) is 10.9. The Morgan fingerprint density at radius 1 is 1.00 bits per heavy atom. The average Bonchev–Trinajstić information content (AvgIpc) is 3.23. The summed E-state index contributed by atoms with van der Waals surface area (Å²) >= 11 is 0. The van der Waals surface area contributed by atoms with Gasteiger partial charge in [-0.3, -0.25) is 0 Å². The summed E-state index contributed by atoms with van der Waals surface area (Å²) in [6.07, 6.45) is 2.32. The number of aromatic nitrogens is 2. The zero-order valence-corrected chi connectivity index (χ0v) is 17.9. The molecule has 162 valence electrons. The number of piperidine rings is 1. The number of aromatic amines is 1. The number of nitrogens with one attached hydrogen (secondary N) is 2. The molecule has 6 nitrogen and oxygen atoms in total. The molecule has 3 N–H and O–H groups in total. The molecule has 0 radical (unpaired) electrons. The molecule has 0 bridgehead atoms. The van der Waals surface area contributed by atoms with Crippen molar-refractivity contribution in [2.75, 3.05) is 13.1 Å². The average molecular weight is 428 g/mol. The van der Waals surface area contributed by atoms with E-state index in [4.69, 9.17) is 4.74 Å². The number of benzene rings is 3. The first-order chi connectivity index (χ1) is 15.6. The Kier molecular flexibility index (Phi) is 5.37. The topological polar surface area (TPSA) is 87.2 Å². The van der Waals surface area contributed by atoms with Crippen molar-refractivity contribution < 1.29 is 14.6 Å². The Bertz CT molecular complexity index is 1270. The van der Waals surface area contributed by atoms with Gasteiger partial charge in [0, 0.05) is 5.56 Å². The molecule has 0 amide bonds. The molecule has 1 aromatic heterocycles. The number of carboxylic acid groups (broad SMARTS) is 1. The highest BCUT2D eigenvalue weighted by atomic mass is 16.5. The van der Waals surface area contributed by atoms with Gasteiger partial charge in [-0.25, -0.2) is 9.78 Å². The molecular weight excluding hydrogens is 402 g/mol. The fourth-order valence-electron chi connectivity index (χ4n) is 4.24. The van der Waals surface area contributed by atoms with Crippen LogP contribution in [0.1, 0.15) is 28.8 Å². The number of carbonyl (C=O) groups is 1. The standard InChI is InChI=1S/C26H25N3O3/c1-16-13-22(26(30)31)24-23(14-16)28-25(29-24)18-7-5-17(6-8-18)19-3-2-4-21(15-19)32-20-9-11-27-12-10-20/h2-8,13-15,20,27H,9-12H2,1H3,(H,28,29)(H,30,31). The van der Waals surface area contributed by atoms with Crippen LogP contribution in [-0.4, -0.2) is 40.2 Å². The third-order valence-electron chi connectivity index (χ3n) is 5.88. The first-order valence-electron chi connectivity index (χ1n) is 10.9. The zero-order chi connectivity index (χ0) is 22.1. The van der Waals surface area contributed by atoms with E-state index in [0.717, 1.165) is 59.5 Å². The minimum atomic E-state index is -0.973. The van der Waals surface area contributed by atoms with E-state index in [2.05, 4.69) is 39.6 Å². The van der Waals surface area contributed by atoms with Gasteiger partial charge < -0.3 is 20.1 Å². The van der Waals surface area contributed by atoms with Crippen LogP contribution in [-0.2, 0) is 0 Å². The predicted octanol–water partition coefficient (Wildman–Crippen LogP) is 5.03. The Balaban J connectivity index is 1.40. The third-order valence-corrected chi connectivity index (χ3v) is 5.88. The molecule has 2 heterocycles. The van der Waals surface area contributed by atoms with E-state index >= 15 is 0 Å². The van der Waals surface area contributed by atoms with Crippen molar-refractivity contribution in [1.82, 2.24) is 15.3 Å². The van der Waals surface area contributed by atoms with Crippen molar-refractivity contribution >= 4 is 17.0 Å². The van der Waals surface area contributed by atoms with Crippen molar-refractivity contribution in [3.05, 3.63) is 71.8 Å². The maximum atomic E-state index is 11.6. The smallest absolute Gasteiger partial charge is 0.337 e. The second-order valence-corrected chi connectivity index (χ2v) is 8.27. The van der Waals surface area contributed by atoms with Gasteiger partial charge in [-0.05, 0) is 73.8 Å². The van der Waals surface area contributed by atoms with Gasteiger partial charge in [0.05, 0.1) is 11.1 Å². The van der Waals surface area contributed by atoms with Gasteiger partial charge in [0.2, 0.25) is 0 Å². The number of rotatable bonds is 5. The van der Waals surface area contributed by atoms with Crippen LogP contribution in [0.15, 0.2) is 60.7 Å². The molecule has 32 heavy (non-hydrogen) atoms. The minimum Gasteiger partial charge on any atom is -0.490 e. The van der Waals surface area contributed by atoms with E-state index in [1.54, 1.807) is 6.07 Å². The van der Waals surface area contributed by atoms with Gasteiger partial charge in [0.15, 0.2) is 0 Å². The Morgan fingerprint density at radius 2 is 1.75 bits per heavy atom. The van der Waals surface area contributed by atoms with E-state index in [1.165, 1.54) is 0 Å².